The van der Waals surface area contributed by atoms with Crippen LogP contribution in [0.15, 0.2) is 96.4 Å². The van der Waals surface area contributed by atoms with Gasteiger partial charge < -0.3 is 14.2 Å². The van der Waals surface area contributed by atoms with Crippen LogP contribution in [0.5, 0.6) is 17.2 Å². The molecule has 0 bridgehead atoms. The number of hydrogen-bond donors (Lipinski definition) is 2. The lowest BCUT2D eigenvalue weighted by molar-refractivity contribution is -0.126. The summed E-state index contributed by atoms with van der Waals surface area (Å²) in [4.78, 5) is 31.8. The summed E-state index contributed by atoms with van der Waals surface area (Å²) in [5.74, 6) is -0.212. The van der Waals surface area contributed by atoms with Crippen LogP contribution in [0.2, 0.25) is 5.02 Å². The van der Waals surface area contributed by atoms with Crippen molar-refractivity contribution < 1.29 is 37.1 Å². The molecule has 1 aliphatic heterocycles. The third-order valence-electron chi connectivity index (χ3n) is 6.82. The monoisotopic (exact) mass is 662 g/mol. The van der Waals surface area contributed by atoms with Crippen LogP contribution in [0.3, 0.4) is 0 Å². The summed E-state index contributed by atoms with van der Waals surface area (Å²) >= 11 is 5.91. The Labute approximate surface area is 271 Å². The van der Waals surface area contributed by atoms with Crippen LogP contribution in [0, 0.1) is 0 Å². The molecule has 238 valence electrons. The molecule has 0 aliphatic carbocycles. The van der Waals surface area contributed by atoms with Gasteiger partial charge in [-0.3, -0.25) is 14.4 Å². The minimum absolute atomic E-state index is 0.0135. The number of hydroxylamine groups is 1. The number of rotatable bonds is 13. The van der Waals surface area contributed by atoms with Gasteiger partial charge in [0, 0.05) is 16.1 Å². The second-order valence-corrected chi connectivity index (χ2v) is 12.3. The molecule has 1 aliphatic rings. The lowest BCUT2D eigenvalue weighted by Gasteiger charge is -2.21. The van der Waals surface area contributed by atoms with Gasteiger partial charge in [0.25, 0.3) is 21.8 Å². The van der Waals surface area contributed by atoms with Gasteiger partial charge in [0.2, 0.25) is 12.9 Å². The van der Waals surface area contributed by atoms with Crippen molar-refractivity contribution in [3.63, 3.8) is 0 Å². The zero-order valence-corrected chi connectivity index (χ0v) is 26.3. The standard InChI is InChI=1S/C34H31ClN2O8S/c1-2-6-25-19-27(33(38)36-44-21-24-7-4-3-5-8-24)12-15-29(25)45-32(26-11-16-30-31(20-26)43-22-42-30)34(39)37-46(40,41)18-17-23-9-13-28(35)14-10-23/h3-5,7-20,32H,2,6,21-22H2,1H3,(H,36,38)(H,37,39). The Kier molecular flexibility index (Phi) is 10.6. The van der Waals surface area contributed by atoms with Crippen LogP contribution in [0.1, 0.15) is 52.1 Å². The van der Waals surface area contributed by atoms with E-state index in [1.54, 1.807) is 54.6 Å². The van der Waals surface area contributed by atoms with Gasteiger partial charge in [-0.05, 0) is 71.7 Å². The summed E-state index contributed by atoms with van der Waals surface area (Å²) in [6, 6.07) is 25.5. The zero-order chi connectivity index (χ0) is 32.5. The van der Waals surface area contributed by atoms with Gasteiger partial charge >= 0.3 is 0 Å². The third-order valence-corrected chi connectivity index (χ3v) is 8.06. The van der Waals surface area contributed by atoms with Gasteiger partial charge in [-0.15, -0.1) is 0 Å². The Balaban J connectivity index is 1.37. The minimum atomic E-state index is -4.23. The zero-order valence-electron chi connectivity index (χ0n) is 24.8. The molecule has 4 aromatic carbocycles. The van der Waals surface area contributed by atoms with Crippen molar-refractivity contribution in [3.8, 4) is 17.2 Å². The van der Waals surface area contributed by atoms with E-state index in [1.807, 2.05) is 37.3 Å². The molecule has 0 saturated heterocycles. The lowest BCUT2D eigenvalue weighted by Crippen LogP contribution is -2.36. The van der Waals surface area contributed by atoms with E-state index in [-0.39, 0.29) is 13.4 Å². The summed E-state index contributed by atoms with van der Waals surface area (Å²) in [6.45, 7) is 2.17. The molecule has 46 heavy (non-hydrogen) atoms. The molecule has 0 spiro atoms. The highest BCUT2D eigenvalue weighted by molar-refractivity contribution is 7.93. The highest BCUT2D eigenvalue weighted by Gasteiger charge is 2.29. The van der Waals surface area contributed by atoms with Gasteiger partial charge in [-0.25, -0.2) is 18.6 Å². The molecule has 12 heteroatoms. The first kappa shape index (κ1) is 32.6. The van der Waals surface area contributed by atoms with E-state index in [0.29, 0.717) is 57.4 Å². The molecule has 2 amide bonds. The van der Waals surface area contributed by atoms with Crippen molar-refractivity contribution in [3.05, 3.63) is 129 Å². The summed E-state index contributed by atoms with van der Waals surface area (Å²) in [7, 11) is -4.23. The number of fused-ring (bicyclic) bond motifs is 1. The number of amides is 2. The Bertz CT molecular complexity index is 1830. The molecule has 0 saturated carbocycles. The first-order valence-corrected chi connectivity index (χ1v) is 16.3. The van der Waals surface area contributed by atoms with Gasteiger partial charge in [-0.1, -0.05) is 73.5 Å². The Morgan fingerprint density at radius 2 is 1.72 bits per heavy atom. The molecule has 1 atom stereocenters. The van der Waals surface area contributed by atoms with Crippen LogP contribution in [-0.4, -0.2) is 27.0 Å². The second kappa shape index (κ2) is 15.0. The van der Waals surface area contributed by atoms with Crippen molar-refractivity contribution in [1.29, 1.82) is 0 Å². The SMILES string of the molecule is CCCc1cc(C(=O)NOCc2ccccc2)ccc1OC(C(=O)NS(=O)(=O)C=Cc1ccc(Cl)cc1)c1ccc2c(c1)OCO2. The highest BCUT2D eigenvalue weighted by Crippen LogP contribution is 2.36. The van der Waals surface area contributed by atoms with Crippen molar-refractivity contribution >= 4 is 39.5 Å². The molecule has 0 fully saturated rings. The quantitative estimate of drug-likeness (QED) is 0.164. The Morgan fingerprint density at radius 3 is 2.48 bits per heavy atom. The van der Waals surface area contributed by atoms with Gasteiger partial charge in [0.1, 0.15) is 5.75 Å². The third kappa shape index (κ3) is 8.66. The van der Waals surface area contributed by atoms with Crippen LogP contribution < -0.4 is 24.4 Å². The lowest BCUT2D eigenvalue weighted by atomic mass is 10.0. The van der Waals surface area contributed by atoms with E-state index in [1.165, 1.54) is 12.1 Å². The predicted octanol–water partition coefficient (Wildman–Crippen LogP) is 6.12. The number of nitrogens with one attached hydrogen (secondary N) is 2. The number of aryl methyl sites for hydroxylation is 1. The summed E-state index contributed by atoms with van der Waals surface area (Å²) in [5.41, 5.74) is 5.21. The van der Waals surface area contributed by atoms with Gasteiger partial charge in [0.15, 0.2) is 11.5 Å². The van der Waals surface area contributed by atoms with E-state index in [2.05, 4.69) is 10.2 Å². The number of sulfonamides is 1. The minimum Gasteiger partial charge on any atom is -0.475 e. The molecular formula is C34H31ClN2O8S. The molecule has 0 radical (unpaired) electrons. The fourth-order valence-corrected chi connectivity index (χ4v) is 5.48. The number of carbonyl (C=O) groups is 2. The topological polar surface area (TPSA) is 129 Å². The van der Waals surface area contributed by atoms with Crippen LogP contribution in [0.25, 0.3) is 6.08 Å². The molecule has 0 aromatic heterocycles. The number of hydrogen-bond acceptors (Lipinski definition) is 8. The average Bonchev–Trinajstić information content (AvgIpc) is 3.52. The molecule has 1 unspecified atom stereocenters. The fourth-order valence-electron chi connectivity index (χ4n) is 4.56. The summed E-state index contributed by atoms with van der Waals surface area (Å²) in [6.07, 6.45) is 1.16. The molecule has 10 nitrogen and oxygen atoms in total. The van der Waals surface area contributed by atoms with E-state index >= 15 is 0 Å². The number of benzene rings is 4. The van der Waals surface area contributed by atoms with Crippen molar-refractivity contribution in [2.24, 2.45) is 0 Å². The Hall–Kier alpha value is -4.84. The van der Waals surface area contributed by atoms with E-state index in [9.17, 15) is 18.0 Å². The highest BCUT2D eigenvalue weighted by atomic mass is 35.5. The maximum absolute atomic E-state index is 13.6. The maximum atomic E-state index is 13.6. The number of halogens is 1. The average molecular weight is 663 g/mol. The molecule has 1 heterocycles. The first-order valence-electron chi connectivity index (χ1n) is 14.4. The van der Waals surface area contributed by atoms with Gasteiger partial charge in [-0.2, -0.15) is 0 Å². The predicted molar refractivity (Wildman–Crippen MR) is 173 cm³/mol. The van der Waals surface area contributed by atoms with Crippen molar-refractivity contribution in [1.82, 2.24) is 10.2 Å². The van der Waals surface area contributed by atoms with E-state index < -0.39 is 27.9 Å². The first-order chi connectivity index (χ1) is 22.2. The normalized spacial score (nSPS) is 12.9. The van der Waals surface area contributed by atoms with Gasteiger partial charge in [0.05, 0.1) is 12.0 Å². The van der Waals surface area contributed by atoms with Crippen molar-refractivity contribution in [2.45, 2.75) is 32.5 Å². The van der Waals surface area contributed by atoms with E-state index in [0.717, 1.165) is 11.0 Å². The molecular weight excluding hydrogens is 632 g/mol. The summed E-state index contributed by atoms with van der Waals surface area (Å²) in [5, 5.41) is 1.39. The van der Waals surface area contributed by atoms with E-state index in [4.69, 9.17) is 30.6 Å². The Morgan fingerprint density at radius 1 is 0.957 bits per heavy atom. The smallest absolute Gasteiger partial charge is 0.279 e. The number of carbonyl (C=O) groups excluding carboxylic acids is 2. The summed E-state index contributed by atoms with van der Waals surface area (Å²) < 4.78 is 45.0. The second-order valence-electron chi connectivity index (χ2n) is 10.3. The fraction of sp³-hybridized carbons (Fsp3) is 0.176. The molecule has 5 rings (SSSR count). The number of ether oxygens (including phenoxy) is 3. The van der Waals surface area contributed by atoms with Crippen LogP contribution >= 0.6 is 11.6 Å². The van der Waals surface area contributed by atoms with Crippen LogP contribution in [-0.2, 0) is 32.7 Å². The van der Waals surface area contributed by atoms with Crippen LogP contribution in [0.4, 0.5) is 0 Å². The molecule has 4 aromatic rings. The van der Waals surface area contributed by atoms with Crippen molar-refractivity contribution in [2.75, 3.05) is 6.79 Å². The maximum Gasteiger partial charge on any atom is 0.279 e. The molecule has 2 N–H and O–H groups in total. The largest absolute Gasteiger partial charge is 0.475 e.